The molecule has 0 aliphatic carbocycles. The summed E-state index contributed by atoms with van der Waals surface area (Å²) in [6.07, 6.45) is 1.55. The summed E-state index contributed by atoms with van der Waals surface area (Å²) in [4.78, 5) is 11.8. The molecule has 4 nitrogen and oxygen atoms in total. The van der Waals surface area contributed by atoms with E-state index in [1.165, 1.54) is 16.7 Å². The molecule has 0 unspecified atom stereocenters. The average Bonchev–Trinajstić information content (AvgIpc) is 2.38. The summed E-state index contributed by atoms with van der Waals surface area (Å²) in [5.74, 6) is -1.25. The first-order valence-corrected chi connectivity index (χ1v) is 8.27. The molecule has 0 bridgehead atoms. The molecule has 0 aliphatic rings. The Morgan fingerprint density at radius 2 is 1.86 bits per heavy atom. The maximum atomic E-state index is 12.9. The first-order valence-electron chi connectivity index (χ1n) is 6.07. The summed E-state index contributed by atoms with van der Waals surface area (Å²) in [5, 5.41) is 0.0551. The van der Waals surface area contributed by atoms with Gasteiger partial charge in [0.2, 0.25) is 0 Å². The van der Waals surface area contributed by atoms with Crippen molar-refractivity contribution >= 4 is 21.4 Å². The summed E-state index contributed by atoms with van der Waals surface area (Å²) in [5.41, 5.74) is 0.148. The van der Waals surface area contributed by atoms with Crippen molar-refractivity contribution in [1.29, 1.82) is 0 Å². The maximum absolute atomic E-state index is 12.9. The minimum Gasteiger partial charge on any atom is -0.318 e. The zero-order valence-corrected chi connectivity index (χ0v) is 12.8. The van der Waals surface area contributed by atoms with Crippen LogP contribution in [0.15, 0.2) is 41.3 Å². The first-order chi connectivity index (χ1) is 9.78. The normalized spacial score (nSPS) is 11.6. The first kappa shape index (κ1) is 15.7. The second-order valence-corrected chi connectivity index (χ2v) is 7.19. The van der Waals surface area contributed by atoms with Gasteiger partial charge in [0.05, 0.1) is 11.5 Å². The van der Waals surface area contributed by atoms with Gasteiger partial charge in [-0.3, -0.25) is 4.79 Å². The van der Waals surface area contributed by atoms with Crippen LogP contribution in [0.2, 0.25) is 5.02 Å². The Labute approximate surface area is 126 Å². The van der Waals surface area contributed by atoms with Gasteiger partial charge in [-0.15, -0.1) is 0 Å². The van der Waals surface area contributed by atoms with E-state index in [4.69, 9.17) is 11.6 Å². The van der Waals surface area contributed by atoms with Gasteiger partial charge < -0.3 is 4.57 Å². The van der Waals surface area contributed by atoms with Crippen molar-refractivity contribution in [1.82, 2.24) is 4.57 Å². The predicted octanol–water partition coefficient (Wildman–Crippen LogP) is 2.29. The second kappa shape index (κ2) is 5.99. The van der Waals surface area contributed by atoms with Gasteiger partial charge in [-0.1, -0.05) is 23.7 Å². The van der Waals surface area contributed by atoms with E-state index in [0.717, 1.165) is 12.1 Å². The summed E-state index contributed by atoms with van der Waals surface area (Å²) < 4.78 is 38.6. The van der Waals surface area contributed by atoms with Gasteiger partial charge in [-0.25, -0.2) is 12.8 Å². The van der Waals surface area contributed by atoms with E-state index >= 15 is 0 Å². The molecule has 2 rings (SSSR count). The Bertz CT molecular complexity index is 830. The molecule has 0 N–H and O–H groups in total. The number of aryl methyl sites for hydroxylation is 1. The summed E-state index contributed by atoms with van der Waals surface area (Å²) in [6.45, 7) is 0. The van der Waals surface area contributed by atoms with Gasteiger partial charge in [0, 0.05) is 23.8 Å². The van der Waals surface area contributed by atoms with Crippen LogP contribution in [0.5, 0.6) is 0 Å². The third-order valence-electron chi connectivity index (χ3n) is 2.97. The average molecular weight is 330 g/mol. The van der Waals surface area contributed by atoms with Crippen LogP contribution in [0.25, 0.3) is 0 Å². The van der Waals surface area contributed by atoms with E-state index in [1.54, 1.807) is 19.3 Å². The minimum absolute atomic E-state index is 0.0551. The largest absolute Gasteiger partial charge is 0.318 e. The molecule has 0 spiro atoms. The van der Waals surface area contributed by atoms with E-state index in [0.29, 0.717) is 5.56 Å². The lowest BCUT2D eigenvalue weighted by atomic mass is 10.2. The van der Waals surface area contributed by atoms with E-state index in [9.17, 15) is 17.6 Å². The van der Waals surface area contributed by atoms with Crippen molar-refractivity contribution in [2.24, 2.45) is 7.05 Å². The Balaban J connectivity index is 2.27. The molecule has 0 atom stereocenters. The smallest absolute Gasteiger partial charge is 0.254 e. The van der Waals surface area contributed by atoms with Crippen molar-refractivity contribution in [3.05, 3.63) is 68.8 Å². The van der Waals surface area contributed by atoms with Crippen LogP contribution < -0.4 is 5.56 Å². The van der Waals surface area contributed by atoms with Crippen molar-refractivity contribution < 1.29 is 12.8 Å². The standard InChI is InChI=1S/C14H13ClFNO3S/c1-17-6-2-3-11(14(17)18)9-21(19,20)8-10-4-5-12(16)7-13(10)15/h2-7H,8-9H2,1H3. The number of rotatable bonds is 4. The number of benzene rings is 1. The molecular formula is C14H13ClFNO3S. The van der Waals surface area contributed by atoms with Gasteiger partial charge in [-0.2, -0.15) is 0 Å². The van der Waals surface area contributed by atoms with Crippen LogP contribution in [0, 0.1) is 5.82 Å². The maximum Gasteiger partial charge on any atom is 0.254 e. The Morgan fingerprint density at radius 1 is 1.19 bits per heavy atom. The van der Waals surface area contributed by atoms with Crippen LogP contribution in [0.4, 0.5) is 4.39 Å². The SMILES string of the molecule is Cn1cccc(CS(=O)(=O)Cc2ccc(F)cc2Cl)c1=O. The molecule has 2 aromatic rings. The van der Waals surface area contributed by atoms with Crippen molar-refractivity contribution in [2.45, 2.75) is 11.5 Å². The molecule has 7 heteroatoms. The monoisotopic (exact) mass is 329 g/mol. The van der Waals surface area contributed by atoms with E-state index in [-0.39, 0.29) is 27.7 Å². The van der Waals surface area contributed by atoms with Gasteiger partial charge in [0.1, 0.15) is 5.82 Å². The number of hydrogen-bond donors (Lipinski definition) is 0. The summed E-state index contributed by atoms with van der Waals surface area (Å²) >= 11 is 5.82. The zero-order valence-electron chi connectivity index (χ0n) is 11.2. The van der Waals surface area contributed by atoms with Gasteiger partial charge >= 0.3 is 0 Å². The Hall–Kier alpha value is -1.66. The van der Waals surface area contributed by atoms with Crippen LogP contribution in [0.1, 0.15) is 11.1 Å². The second-order valence-electron chi connectivity index (χ2n) is 4.72. The van der Waals surface area contributed by atoms with Crippen LogP contribution in [-0.4, -0.2) is 13.0 Å². The number of halogens is 2. The molecule has 0 saturated carbocycles. The predicted molar refractivity (Wildman–Crippen MR) is 79.4 cm³/mol. The molecule has 1 aromatic carbocycles. The topological polar surface area (TPSA) is 56.1 Å². The molecule has 1 aromatic heterocycles. The summed E-state index contributed by atoms with van der Waals surface area (Å²) in [6, 6.07) is 6.63. The molecule has 1 heterocycles. The van der Waals surface area contributed by atoms with Crippen molar-refractivity contribution in [3.8, 4) is 0 Å². The van der Waals surface area contributed by atoms with Gasteiger partial charge in [0.25, 0.3) is 5.56 Å². The fourth-order valence-corrected chi connectivity index (χ4v) is 3.76. The van der Waals surface area contributed by atoms with Crippen molar-refractivity contribution in [2.75, 3.05) is 0 Å². The zero-order chi connectivity index (χ0) is 15.6. The molecule has 112 valence electrons. The van der Waals surface area contributed by atoms with E-state index in [1.807, 2.05) is 0 Å². The lowest BCUT2D eigenvalue weighted by molar-refractivity contribution is 0.593. The minimum atomic E-state index is -3.58. The van der Waals surface area contributed by atoms with E-state index in [2.05, 4.69) is 0 Å². The lowest BCUT2D eigenvalue weighted by Gasteiger charge is -2.07. The molecule has 21 heavy (non-hydrogen) atoms. The van der Waals surface area contributed by atoms with Gasteiger partial charge in [0.15, 0.2) is 9.84 Å². The summed E-state index contributed by atoms with van der Waals surface area (Å²) in [7, 11) is -2.03. The number of sulfone groups is 1. The number of nitrogens with zero attached hydrogens (tertiary/aromatic N) is 1. The Morgan fingerprint density at radius 3 is 2.52 bits per heavy atom. The highest BCUT2D eigenvalue weighted by molar-refractivity contribution is 7.89. The molecular weight excluding hydrogens is 317 g/mol. The van der Waals surface area contributed by atoms with Crippen molar-refractivity contribution in [3.63, 3.8) is 0 Å². The highest BCUT2D eigenvalue weighted by Crippen LogP contribution is 2.20. The van der Waals surface area contributed by atoms with Crippen LogP contribution in [-0.2, 0) is 28.4 Å². The number of hydrogen-bond acceptors (Lipinski definition) is 3. The highest BCUT2D eigenvalue weighted by atomic mass is 35.5. The van der Waals surface area contributed by atoms with Gasteiger partial charge in [-0.05, 0) is 23.8 Å². The van der Waals surface area contributed by atoms with E-state index < -0.39 is 15.7 Å². The Kier molecular flexibility index (Phi) is 4.49. The molecule has 0 radical (unpaired) electrons. The molecule has 0 amide bonds. The number of aromatic nitrogens is 1. The number of pyridine rings is 1. The third-order valence-corrected chi connectivity index (χ3v) is 4.82. The molecule has 0 aliphatic heterocycles. The lowest BCUT2D eigenvalue weighted by Crippen LogP contribution is -2.22. The molecule has 0 saturated heterocycles. The third kappa shape index (κ3) is 3.92. The molecule has 0 fully saturated rings. The fourth-order valence-electron chi connectivity index (χ4n) is 1.93. The van der Waals surface area contributed by atoms with Crippen LogP contribution in [0.3, 0.4) is 0 Å². The quantitative estimate of drug-likeness (QED) is 0.864. The fraction of sp³-hybridized carbons (Fsp3) is 0.214. The van der Waals surface area contributed by atoms with Crippen LogP contribution >= 0.6 is 11.6 Å². The highest BCUT2D eigenvalue weighted by Gasteiger charge is 2.17.